The van der Waals surface area contributed by atoms with Crippen molar-refractivity contribution in [2.24, 2.45) is 0 Å². The Morgan fingerprint density at radius 1 is 0.967 bits per heavy atom. The van der Waals surface area contributed by atoms with E-state index in [0.717, 1.165) is 5.56 Å². The highest BCUT2D eigenvalue weighted by atomic mass is 35.5. The Morgan fingerprint density at radius 2 is 1.77 bits per heavy atom. The van der Waals surface area contributed by atoms with E-state index < -0.39 is 5.92 Å². The number of ketones is 1. The van der Waals surface area contributed by atoms with Gasteiger partial charge < -0.3 is 14.8 Å². The van der Waals surface area contributed by atoms with Crippen molar-refractivity contribution in [1.82, 2.24) is 5.32 Å². The lowest BCUT2D eigenvalue weighted by Crippen LogP contribution is -2.38. The summed E-state index contributed by atoms with van der Waals surface area (Å²) < 4.78 is 10.9. The molecule has 4 rings (SSSR count). The highest BCUT2D eigenvalue weighted by Gasteiger charge is 2.39. The van der Waals surface area contributed by atoms with Gasteiger partial charge in [-0.3, -0.25) is 9.59 Å². The number of methoxy groups -OCH3 is 2. The van der Waals surface area contributed by atoms with Gasteiger partial charge in [0.05, 0.1) is 24.3 Å². The zero-order chi connectivity index (χ0) is 21.4. The number of benzene rings is 2. The van der Waals surface area contributed by atoms with Gasteiger partial charge in [-0.05, 0) is 36.2 Å². The van der Waals surface area contributed by atoms with Gasteiger partial charge in [-0.2, -0.15) is 0 Å². The number of nitrogens with one attached hydrogen (secondary N) is 1. The van der Waals surface area contributed by atoms with Gasteiger partial charge in [-0.1, -0.05) is 35.3 Å². The van der Waals surface area contributed by atoms with Crippen LogP contribution in [0.15, 0.2) is 47.7 Å². The molecule has 1 aliphatic carbocycles. The van der Waals surface area contributed by atoms with Crippen LogP contribution in [-0.2, 0) is 9.59 Å². The van der Waals surface area contributed by atoms with Crippen molar-refractivity contribution in [2.45, 2.75) is 31.1 Å². The largest absolute Gasteiger partial charge is 0.497 e. The van der Waals surface area contributed by atoms with E-state index in [4.69, 9.17) is 32.7 Å². The minimum atomic E-state index is -0.402. The molecule has 0 spiro atoms. The molecule has 0 saturated carbocycles. The first-order valence-corrected chi connectivity index (χ1v) is 10.4. The number of rotatable bonds is 4. The second-order valence-corrected chi connectivity index (χ2v) is 8.26. The molecule has 0 radical (unpaired) electrons. The molecule has 7 heteroatoms. The minimum absolute atomic E-state index is 0.00725. The standard InChI is InChI=1S/C23H21Cl2NO4/c1-29-13-6-7-20(30-2)15(10-13)12-8-18-22(19(27)9-12)16(11-21(28)26-18)14-4-3-5-17(24)23(14)25/h3-7,10,12,16H,8-9,11H2,1-2H3,(H,26,28)/t12-,16-/m0/s1. The fourth-order valence-corrected chi connectivity index (χ4v) is 4.83. The summed E-state index contributed by atoms with van der Waals surface area (Å²) in [6.07, 6.45) is 0.996. The maximum Gasteiger partial charge on any atom is 0.225 e. The van der Waals surface area contributed by atoms with Crippen LogP contribution in [0, 0.1) is 0 Å². The van der Waals surface area contributed by atoms with Crippen molar-refractivity contribution in [2.75, 3.05) is 14.2 Å². The molecule has 1 N–H and O–H groups in total. The first kappa shape index (κ1) is 20.8. The number of halogens is 2. The van der Waals surface area contributed by atoms with Crippen molar-refractivity contribution in [3.05, 3.63) is 68.8 Å². The van der Waals surface area contributed by atoms with Crippen LogP contribution in [0.2, 0.25) is 10.0 Å². The summed E-state index contributed by atoms with van der Waals surface area (Å²) in [7, 11) is 3.19. The number of Topliss-reactive ketones (excluding diaryl/α,β-unsaturated/α-hetero) is 1. The van der Waals surface area contributed by atoms with Crippen LogP contribution >= 0.6 is 23.2 Å². The lowest BCUT2D eigenvalue weighted by atomic mass is 9.73. The zero-order valence-corrected chi connectivity index (χ0v) is 18.1. The molecule has 0 saturated heterocycles. The summed E-state index contributed by atoms with van der Waals surface area (Å²) in [5.41, 5.74) is 2.86. The number of allylic oxidation sites excluding steroid dienone is 2. The second kappa shape index (κ2) is 8.32. The maximum atomic E-state index is 13.3. The zero-order valence-electron chi connectivity index (χ0n) is 16.6. The Morgan fingerprint density at radius 3 is 2.50 bits per heavy atom. The molecule has 156 valence electrons. The molecule has 1 heterocycles. The lowest BCUT2D eigenvalue weighted by Gasteiger charge is -2.35. The SMILES string of the molecule is COc1ccc(OC)c([C@@H]2CC(=O)C3=C(C2)NC(=O)C[C@H]3c2cccc(Cl)c2Cl)c1. The molecule has 2 aromatic carbocycles. The first-order valence-electron chi connectivity index (χ1n) is 9.64. The number of hydrogen-bond donors (Lipinski definition) is 1. The van der Waals surface area contributed by atoms with Crippen LogP contribution in [-0.4, -0.2) is 25.9 Å². The molecule has 1 amide bonds. The smallest absolute Gasteiger partial charge is 0.225 e. The van der Waals surface area contributed by atoms with Crippen LogP contribution in [0.3, 0.4) is 0 Å². The van der Waals surface area contributed by atoms with E-state index in [1.54, 1.807) is 26.4 Å². The molecule has 5 nitrogen and oxygen atoms in total. The summed E-state index contributed by atoms with van der Waals surface area (Å²) in [5, 5.41) is 3.71. The summed E-state index contributed by atoms with van der Waals surface area (Å²) in [4.78, 5) is 25.8. The number of carbonyl (C=O) groups excluding carboxylic acids is 2. The van der Waals surface area contributed by atoms with Gasteiger partial charge in [0, 0.05) is 41.5 Å². The van der Waals surface area contributed by atoms with Crippen molar-refractivity contribution in [3.8, 4) is 11.5 Å². The molecule has 2 aromatic rings. The van der Waals surface area contributed by atoms with E-state index in [-0.39, 0.29) is 24.0 Å². The Labute approximate surface area is 185 Å². The van der Waals surface area contributed by atoms with Crippen LogP contribution in [0.4, 0.5) is 0 Å². The molecule has 1 aliphatic heterocycles. The summed E-state index contributed by atoms with van der Waals surface area (Å²) >= 11 is 12.6. The van der Waals surface area contributed by atoms with Gasteiger partial charge in [0.25, 0.3) is 0 Å². The number of hydrogen-bond acceptors (Lipinski definition) is 4. The fourth-order valence-electron chi connectivity index (χ4n) is 4.39. The summed E-state index contributed by atoms with van der Waals surface area (Å²) in [6.45, 7) is 0. The van der Waals surface area contributed by atoms with Gasteiger partial charge in [0.1, 0.15) is 11.5 Å². The molecule has 0 fully saturated rings. The Balaban J connectivity index is 1.76. The summed E-state index contributed by atoms with van der Waals surface area (Å²) in [5.74, 6) is 0.701. The van der Waals surface area contributed by atoms with Crippen molar-refractivity contribution in [3.63, 3.8) is 0 Å². The predicted molar refractivity (Wildman–Crippen MR) is 116 cm³/mol. The maximum absolute atomic E-state index is 13.3. The van der Waals surface area contributed by atoms with E-state index in [0.29, 0.717) is 51.2 Å². The Hall–Kier alpha value is -2.50. The van der Waals surface area contributed by atoms with Gasteiger partial charge in [0.15, 0.2) is 5.78 Å². The van der Waals surface area contributed by atoms with E-state index in [1.165, 1.54) is 0 Å². The second-order valence-electron chi connectivity index (χ2n) is 7.48. The van der Waals surface area contributed by atoms with Crippen LogP contribution in [0.25, 0.3) is 0 Å². The molecular weight excluding hydrogens is 425 g/mol. The predicted octanol–water partition coefficient (Wildman–Crippen LogP) is 5.01. The van der Waals surface area contributed by atoms with Crippen molar-refractivity contribution < 1.29 is 19.1 Å². The third kappa shape index (κ3) is 3.68. The van der Waals surface area contributed by atoms with Crippen molar-refractivity contribution >= 4 is 34.9 Å². The Bertz CT molecular complexity index is 1060. The highest BCUT2D eigenvalue weighted by Crippen LogP contribution is 2.46. The van der Waals surface area contributed by atoms with E-state index in [9.17, 15) is 9.59 Å². The first-order chi connectivity index (χ1) is 14.4. The molecule has 2 aliphatic rings. The monoisotopic (exact) mass is 445 g/mol. The van der Waals surface area contributed by atoms with Crippen LogP contribution < -0.4 is 14.8 Å². The normalized spacial score (nSPS) is 21.2. The minimum Gasteiger partial charge on any atom is -0.497 e. The molecular formula is C23H21Cl2NO4. The molecule has 2 atom stereocenters. The number of carbonyl (C=O) groups is 2. The third-order valence-electron chi connectivity index (χ3n) is 5.77. The quantitative estimate of drug-likeness (QED) is 0.717. The average molecular weight is 446 g/mol. The molecule has 0 unspecified atom stereocenters. The highest BCUT2D eigenvalue weighted by molar-refractivity contribution is 6.42. The van der Waals surface area contributed by atoms with Gasteiger partial charge >= 0.3 is 0 Å². The lowest BCUT2D eigenvalue weighted by molar-refractivity contribution is -0.122. The van der Waals surface area contributed by atoms with E-state index in [2.05, 4.69) is 5.32 Å². The number of ether oxygens (including phenoxy) is 2. The third-order valence-corrected chi connectivity index (χ3v) is 6.60. The van der Waals surface area contributed by atoms with Gasteiger partial charge in [-0.15, -0.1) is 0 Å². The molecule has 30 heavy (non-hydrogen) atoms. The molecule has 0 bridgehead atoms. The van der Waals surface area contributed by atoms with Crippen molar-refractivity contribution in [1.29, 1.82) is 0 Å². The Kier molecular flexibility index (Phi) is 5.76. The van der Waals surface area contributed by atoms with Gasteiger partial charge in [0.2, 0.25) is 5.91 Å². The van der Waals surface area contributed by atoms with Gasteiger partial charge in [-0.25, -0.2) is 0 Å². The topological polar surface area (TPSA) is 64.6 Å². The van der Waals surface area contributed by atoms with Crippen LogP contribution in [0.1, 0.15) is 42.2 Å². The van der Waals surface area contributed by atoms with E-state index >= 15 is 0 Å². The summed E-state index contributed by atoms with van der Waals surface area (Å²) in [6, 6.07) is 10.8. The van der Waals surface area contributed by atoms with Crippen LogP contribution in [0.5, 0.6) is 11.5 Å². The average Bonchev–Trinajstić information content (AvgIpc) is 2.74. The number of amides is 1. The van der Waals surface area contributed by atoms with E-state index in [1.807, 2.05) is 24.3 Å². The fraction of sp³-hybridized carbons (Fsp3) is 0.304. The molecule has 0 aromatic heterocycles.